The van der Waals surface area contributed by atoms with Crippen molar-refractivity contribution in [1.29, 1.82) is 0 Å². The van der Waals surface area contributed by atoms with Crippen molar-refractivity contribution in [2.45, 2.75) is 39.3 Å². The summed E-state index contributed by atoms with van der Waals surface area (Å²) in [5, 5.41) is 12.0. The summed E-state index contributed by atoms with van der Waals surface area (Å²) < 4.78 is 2.08. The van der Waals surface area contributed by atoms with Crippen LogP contribution in [0.2, 0.25) is 0 Å². The minimum Gasteiger partial charge on any atom is -0.480 e. The van der Waals surface area contributed by atoms with Crippen molar-refractivity contribution >= 4 is 11.9 Å². The Morgan fingerprint density at radius 2 is 1.92 bits per heavy atom. The van der Waals surface area contributed by atoms with Crippen LogP contribution in [0.4, 0.5) is 0 Å². The number of rotatable bonds is 6. The van der Waals surface area contributed by atoms with E-state index in [1.807, 2.05) is 50.2 Å². The van der Waals surface area contributed by atoms with Gasteiger partial charge in [-0.3, -0.25) is 4.79 Å². The van der Waals surface area contributed by atoms with Gasteiger partial charge in [0, 0.05) is 17.9 Å². The molecule has 0 bridgehead atoms. The summed E-state index contributed by atoms with van der Waals surface area (Å²) >= 11 is 0. The zero-order valence-corrected chi connectivity index (χ0v) is 14.0. The lowest BCUT2D eigenvalue weighted by molar-refractivity contribution is -0.139. The van der Waals surface area contributed by atoms with Crippen molar-refractivity contribution in [3.8, 4) is 0 Å². The van der Waals surface area contributed by atoms with Crippen LogP contribution >= 0.6 is 0 Å². The largest absolute Gasteiger partial charge is 0.480 e. The molecule has 1 aromatic heterocycles. The molecule has 2 aromatic rings. The van der Waals surface area contributed by atoms with Crippen LogP contribution in [0, 0.1) is 19.8 Å². The van der Waals surface area contributed by atoms with E-state index in [-0.39, 0.29) is 11.8 Å². The van der Waals surface area contributed by atoms with Gasteiger partial charge in [-0.15, -0.1) is 0 Å². The van der Waals surface area contributed by atoms with Gasteiger partial charge >= 0.3 is 5.97 Å². The van der Waals surface area contributed by atoms with Gasteiger partial charge in [-0.2, -0.15) is 0 Å². The number of carboxylic acid groups (broad SMARTS) is 1. The molecule has 1 saturated carbocycles. The molecule has 1 aliphatic carbocycles. The number of amides is 1. The van der Waals surface area contributed by atoms with E-state index in [9.17, 15) is 14.7 Å². The van der Waals surface area contributed by atoms with E-state index in [4.69, 9.17) is 0 Å². The molecule has 1 unspecified atom stereocenters. The number of aromatic nitrogens is 1. The Morgan fingerprint density at radius 3 is 2.50 bits per heavy atom. The first-order valence-corrected chi connectivity index (χ1v) is 8.21. The molecule has 1 amide bonds. The highest BCUT2D eigenvalue weighted by atomic mass is 16.4. The topological polar surface area (TPSA) is 71.3 Å². The maximum Gasteiger partial charge on any atom is 0.326 e. The van der Waals surface area contributed by atoms with Crippen LogP contribution in [-0.2, 0) is 11.3 Å². The fraction of sp³-hybridized carbons (Fsp3) is 0.368. The first-order chi connectivity index (χ1) is 11.5. The molecule has 3 rings (SSSR count). The number of hydrogen-bond acceptors (Lipinski definition) is 2. The van der Waals surface area contributed by atoms with E-state index in [1.165, 1.54) is 0 Å². The van der Waals surface area contributed by atoms with Gasteiger partial charge in [-0.05, 0) is 44.2 Å². The SMILES string of the molecule is Cc1cc(C(=O)NC(C(=O)O)C2CC2)c(C)n1Cc1ccccc1. The third-order valence-corrected chi connectivity index (χ3v) is 4.65. The van der Waals surface area contributed by atoms with Crippen molar-refractivity contribution < 1.29 is 14.7 Å². The molecule has 1 atom stereocenters. The number of carboxylic acids is 1. The Morgan fingerprint density at radius 1 is 1.25 bits per heavy atom. The quantitative estimate of drug-likeness (QED) is 0.857. The smallest absolute Gasteiger partial charge is 0.326 e. The zero-order chi connectivity index (χ0) is 17.3. The molecule has 0 spiro atoms. The van der Waals surface area contributed by atoms with Crippen LogP contribution in [0.15, 0.2) is 36.4 Å². The van der Waals surface area contributed by atoms with Gasteiger partial charge in [0.1, 0.15) is 6.04 Å². The molecule has 1 aliphatic rings. The van der Waals surface area contributed by atoms with E-state index in [0.29, 0.717) is 12.1 Å². The third kappa shape index (κ3) is 3.35. The zero-order valence-electron chi connectivity index (χ0n) is 14.0. The number of nitrogens with zero attached hydrogens (tertiary/aromatic N) is 1. The van der Waals surface area contributed by atoms with E-state index in [2.05, 4.69) is 9.88 Å². The first-order valence-electron chi connectivity index (χ1n) is 8.21. The van der Waals surface area contributed by atoms with Crippen molar-refractivity contribution in [2.75, 3.05) is 0 Å². The van der Waals surface area contributed by atoms with Crippen LogP contribution in [0.1, 0.15) is 40.2 Å². The minimum absolute atomic E-state index is 0.0688. The van der Waals surface area contributed by atoms with Gasteiger partial charge in [0.15, 0.2) is 0 Å². The molecular weight excluding hydrogens is 304 g/mol. The van der Waals surface area contributed by atoms with E-state index < -0.39 is 12.0 Å². The molecule has 0 aliphatic heterocycles. The summed E-state index contributed by atoms with van der Waals surface area (Å²) in [6.45, 7) is 4.55. The molecule has 0 radical (unpaired) electrons. The van der Waals surface area contributed by atoms with Crippen molar-refractivity contribution in [2.24, 2.45) is 5.92 Å². The maximum atomic E-state index is 12.5. The molecule has 5 nitrogen and oxygen atoms in total. The molecule has 1 aromatic carbocycles. The van der Waals surface area contributed by atoms with E-state index >= 15 is 0 Å². The molecule has 2 N–H and O–H groups in total. The Labute approximate surface area is 141 Å². The Balaban J connectivity index is 1.80. The number of carbonyl (C=O) groups is 2. The average Bonchev–Trinajstić information content (AvgIpc) is 3.35. The second-order valence-corrected chi connectivity index (χ2v) is 6.48. The molecule has 0 saturated heterocycles. The fourth-order valence-corrected chi connectivity index (χ4v) is 3.07. The van der Waals surface area contributed by atoms with Gasteiger partial charge in [-0.1, -0.05) is 30.3 Å². The van der Waals surface area contributed by atoms with Crippen molar-refractivity contribution in [1.82, 2.24) is 9.88 Å². The van der Waals surface area contributed by atoms with E-state index in [0.717, 1.165) is 29.8 Å². The number of hydrogen-bond donors (Lipinski definition) is 2. The monoisotopic (exact) mass is 326 g/mol. The van der Waals surface area contributed by atoms with Gasteiger partial charge in [0.05, 0.1) is 5.56 Å². The number of carbonyl (C=O) groups excluding carboxylic acids is 1. The lowest BCUT2D eigenvalue weighted by atomic mass is 10.1. The highest BCUT2D eigenvalue weighted by Gasteiger charge is 2.37. The maximum absolute atomic E-state index is 12.5. The third-order valence-electron chi connectivity index (χ3n) is 4.65. The first kappa shape index (κ1) is 16.3. The molecule has 5 heteroatoms. The fourth-order valence-electron chi connectivity index (χ4n) is 3.07. The molecule has 1 heterocycles. The normalized spacial score (nSPS) is 15.1. The highest BCUT2D eigenvalue weighted by molar-refractivity contribution is 5.98. The van der Waals surface area contributed by atoms with Gasteiger partial charge in [0.2, 0.25) is 0 Å². The molecule has 1 fully saturated rings. The Kier molecular flexibility index (Phi) is 4.42. The molecule has 126 valence electrons. The summed E-state index contributed by atoms with van der Waals surface area (Å²) in [5.74, 6) is -1.19. The second-order valence-electron chi connectivity index (χ2n) is 6.48. The Hall–Kier alpha value is -2.56. The predicted octanol–water partition coefficient (Wildman–Crippen LogP) is 2.75. The Bertz CT molecular complexity index is 760. The van der Waals surface area contributed by atoms with Crippen molar-refractivity contribution in [3.05, 3.63) is 58.9 Å². The summed E-state index contributed by atoms with van der Waals surface area (Å²) in [5.41, 5.74) is 3.55. The number of nitrogens with one attached hydrogen (secondary N) is 1. The highest BCUT2D eigenvalue weighted by Crippen LogP contribution is 2.33. The number of benzene rings is 1. The minimum atomic E-state index is -0.955. The second kappa shape index (κ2) is 6.51. The van der Waals surface area contributed by atoms with Crippen LogP contribution in [0.25, 0.3) is 0 Å². The van der Waals surface area contributed by atoms with Gasteiger partial charge in [-0.25, -0.2) is 4.79 Å². The summed E-state index contributed by atoms with van der Waals surface area (Å²) in [4.78, 5) is 23.9. The van der Waals surface area contributed by atoms with Crippen LogP contribution in [-0.4, -0.2) is 27.6 Å². The lowest BCUT2D eigenvalue weighted by Gasteiger charge is -2.14. The van der Waals surface area contributed by atoms with Crippen molar-refractivity contribution in [3.63, 3.8) is 0 Å². The lowest BCUT2D eigenvalue weighted by Crippen LogP contribution is -2.42. The average molecular weight is 326 g/mol. The molecular formula is C19H22N2O3. The number of aryl methyl sites for hydroxylation is 1. The van der Waals surface area contributed by atoms with Crippen LogP contribution < -0.4 is 5.32 Å². The standard InChI is InChI=1S/C19H22N2O3/c1-12-10-16(18(22)20-17(19(23)24)15-8-9-15)13(2)21(12)11-14-6-4-3-5-7-14/h3-7,10,15,17H,8-9,11H2,1-2H3,(H,20,22)(H,23,24). The van der Waals surface area contributed by atoms with Crippen LogP contribution in [0.3, 0.4) is 0 Å². The van der Waals surface area contributed by atoms with Gasteiger partial charge in [0.25, 0.3) is 5.91 Å². The van der Waals surface area contributed by atoms with Gasteiger partial charge < -0.3 is 15.0 Å². The van der Waals surface area contributed by atoms with E-state index in [1.54, 1.807) is 0 Å². The summed E-state index contributed by atoms with van der Waals surface area (Å²) in [6.07, 6.45) is 1.73. The summed E-state index contributed by atoms with van der Waals surface area (Å²) in [7, 11) is 0. The predicted molar refractivity (Wildman–Crippen MR) is 91.1 cm³/mol. The van der Waals surface area contributed by atoms with Crippen LogP contribution in [0.5, 0.6) is 0 Å². The number of aliphatic carboxylic acids is 1. The summed E-state index contributed by atoms with van der Waals surface area (Å²) in [6, 6.07) is 11.1. The molecule has 24 heavy (non-hydrogen) atoms.